The quantitative estimate of drug-likeness (QED) is 0.430. The van der Waals surface area contributed by atoms with Gasteiger partial charge in [-0.2, -0.15) is 5.10 Å². The Morgan fingerprint density at radius 2 is 1.91 bits per heavy atom. The zero-order valence-corrected chi connectivity index (χ0v) is 18.3. The van der Waals surface area contributed by atoms with Crippen molar-refractivity contribution in [2.24, 2.45) is 0 Å². The summed E-state index contributed by atoms with van der Waals surface area (Å²) in [5, 5.41) is 8.35. The Hall–Kier alpha value is -3.43. The molecule has 0 spiro atoms. The molecule has 1 fully saturated rings. The first-order valence-corrected chi connectivity index (χ1v) is 11.3. The molecule has 1 N–H and O–H groups in total. The number of morpholine rings is 1. The summed E-state index contributed by atoms with van der Waals surface area (Å²) in [6.45, 7) is 4.10. The molecule has 1 aliphatic heterocycles. The monoisotopic (exact) mass is 445 g/mol. The van der Waals surface area contributed by atoms with Gasteiger partial charge in [0.15, 0.2) is 0 Å². The highest BCUT2D eigenvalue weighted by atomic mass is 32.2. The lowest BCUT2D eigenvalue weighted by Crippen LogP contribution is -2.36. The van der Waals surface area contributed by atoms with E-state index in [0.29, 0.717) is 12.5 Å². The van der Waals surface area contributed by atoms with Crippen LogP contribution < -0.4 is 10.2 Å². The first-order valence-electron chi connectivity index (χ1n) is 10.4. The molecule has 4 aromatic rings. The fourth-order valence-corrected chi connectivity index (χ4v) is 4.35. The van der Waals surface area contributed by atoms with Gasteiger partial charge >= 0.3 is 0 Å². The van der Waals surface area contributed by atoms with Crippen molar-refractivity contribution < 1.29 is 4.74 Å². The summed E-state index contributed by atoms with van der Waals surface area (Å²) in [6.07, 6.45) is 5.04. The number of nitrogens with one attached hydrogen (secondary N) is 1. The lowest BCUT2D eigenvalue weighted by Gasteiger charge is -2.28. The maximum atomic E-state index is 5.43. The van der Waals surface area contributed by atoms with E-state index in [-0.39, 0.29) is 0 Å². The van der Waals surface area contributed by atoms with Gasteiger partial charge in [-0.05, 0) is 48.0 Å². The summed E-state index contributed by atoms with van der Waals surface area (Å²) >= 11 is 1.61. The maximum absolute atomic E-state index is 5.43. The van der Waals surface area contributed by atoms with E-state index in [1.165, 1.54) is 5.69 Å². The zero-order valence-electron chi connectivity index (χ0n) is 17.5. The van der Waals surface area contributed by atoms with Crippen LogP contribution in [0, 0.1) is 0 Å². The summed E-state index contributed by atoms with van der Waals surface area (Å²) in [4.78, 5) is 16.5. The Labute approximate surface area is 190 Å². The molecule has 1 aliphatic rings. The van der Waals surface area contributed by atoms with Crippen molar-refractivity contribution in [1.82, 2.24) is 24.7 Å². The Bertz CT molecular complexity index is 1150. The lowest BCUT2D eigenvalue weighted by molar-refractivity contribution is 0.122. The van der Waals surface area contributed by atoms with Crippen molar-refractivity contribution in [2.45, 2.75) is 16.5 Å². The standard InChI is InChI=1S/C23H23N7OS/c1-2-18(15-30-17-24-16-26-30)14-21(3-1)32-22-8-9-25-23(28-22)27-19-4-6-20(7-5-19)29-10-12-31-13-11-29/h1-9,14,16-17H,10-13,15H2,(H,25,27,28). The highest BCUT2D eigenvalue weighted by molar-refractivity contribution is 7.99. The fraction of sp³-hybridized carbons (Fsp3) is 0.217. The van der Waals surface area contributed by atoms with Crippen molar-refractivity contribution in [3.63, 3.8) is 0 Å². The van der Waals surface area contributed by atoms with Gasteiger partial charge in [-0.1, -0.05) is 23.9 Å². The molecule has 0 atom stereocenters. The Kier molecular flexibility index (Phi) is 6.27. The van der Waals surface area contributed by atoms with E-state index in [2.05, 4.69) is 72.7 Å². The van der Waals surface area contributed by atoms with Crippen LogP contribution in [-0.4, -0.2) is 51.0 Å². The largest absolute Gasteiger partial charge is 0.378 e. The molecule has 162 valence electrons. The summed E-state index contributed by atoms with van der Waals surface area (Å²) in [7, 11) is 0. The number of ether oxygens (including phenoxy) is 1. The van der Waals surface area contributed by atoms with E-state index < -0.39 is 0 Å². The first kappa shape index (κ1) is 20.5. The maximum Gasteiger partial charge on any atom is 0.228 e. The van der Waals surface area contributed by atoms with Gasteiger partial charge < -0.3 is 15.0 Å². The van der Waals surface area contributed by atoms with Crippen LogP contribution in [-0.2, 0) is 11.3 Å². The molecule has 0 radical (unpaired) electrons. The van der Waals surface area contributed by atoms with Gasteiger partial charge in [0.1, 0.15) is 17.7 Å². The van der Waals surface area contributed by atoms with Gasteiger partial charge in [-0.15, -0.1) is 0 Å². The van der Waals surface area contributed by atoms with Crippen LogP contribution in [0.2, 0.25) is 0 Å². The Morgan fingerprint density at radius 3 is 2.72 bits per heavy atom. The number of benzene rings is 2. The van der Waals surface area contributed by atoms with Gasteiger partial charge in [0.25, 0.3) is 0 Å². The van der Waals surface area contributed by atoms with Crippen molar-refractivity contribution >= 4 is 29.1 Å². The third-order valence-electron chi connectivity index (χ3n) is 5.06. The van der Waals surface area contributed by atoms with E-state index >= 15 is 0 Å². The topological polar surface area (TPSA) is 81.0 Å². The first-order chi connectivity index (χ1) is 15.8. The number of anilines is 3. The van der Waals surface area contributed by atoms with Gasteiger partial charge in [0.05, 0.1) is 19.8 Å². The molecule has 0 bridgehead atoms. The van der Waals surface area contributed by atoms with Gasteiger partial charge in [0, 0.05) is 35.6 Å². The molecule has 9 heteroatoms. The highest BCUT2D eigenvalue weighted by Crippen LogP contribution is 2.28. The minimum absolute atomic E-state index is 0.577. The molecule has 0 amide bonds. The van der Waals surface area contributed by atoms with Crippen molar-refractivity contribution in [1.29, 1.82) is 0 Å². The van der Waals surface area contributed by atoms with E-state index in [9.17, 15) is 0 Å². The molecular formula is C23H23N7OS. The Morgan fingerprint density at radius 1 is 1.03 bits per heavy atom. The van der Waals surface area contributed by atoms with Crippen LogP contribution in [0.5, 0.6) is 0 Å². The number of aromatic nitrogens is 5. The molecule has 0 aliphatic carbocycles. The molecule has 5 rings (SSSR count). The number of rotatable bonds is 7. The molecule has 0 saturated carbocycles. The molecule has 3 heterocycles. The van der Waals surface area contributed by atoms with Crippen molar-refractivity contribution in [3.8, 4) is 0 Å². The predicted octanol–water partition coefficient (Wildman–Crippen LogP) is 3.85. The van der Waals surface area contributed by atoms with Gasteiger partial charge in [0.2, 0.25) is 5.95 Å². The average molecular weight is 446 g/mol. The fourth-order valence-electron chi connectivity index (χ4n) is 3.49. The second kappa shape index (κ2) is 9.80. The lowest BCUT2D eigenvalue weighted by atomic mass is 10.2. The van der Waals surface area contributed by atoms with Crippen LogP contribution in [0.25, 0.3) is 0 Å². The number of nitrogens with zero attached hydrogens (tertiary/aromatic N) is 6. The minimum Gasteiger partial charge on any atom is -0.378 e. The average Bonchev–Trinajstić information content (AvgIpc) is 3.34. The second-order valence-corrected chi connectivity index (χ2v) is 8.43. The zero-order chi connectivity index (χ0) is 21.6. The second-order valence-electron chi connectivity index (χ2n) is 7.33. The normalized spacial score (nSPS) is 13.8. The summed E-state index contributed by atoms with van der Waals surface area (Å²) in [6, 6.07) is 18.6. The van der Waals surface area contributed by atoms with Crippen LogP contribution >= 0.6 is 11.8 Å². The van der Waals surface area contributed by atoms with Gasteiger partial charge in [-0.25, -0.2) is 19.6 Å². The van der Waals surface area contributed by atoms with Gasteiger partial charge in [-0.3, -0.25) is 0 Å². The van der Waals surface area contributed by atoms with Crippen LogP contribution in [0.3, 0.4) is 0 Å². The van der Waals surface area contributed by atoms with E-state index in [1.807, 2.05) is 12.1 Å². The highest BCUT2D eigenvalue weighted by Gasteiger charge is 2.11. The SMILES string of the molecule is c1cc(Cn2cncn2)cc(Sc2ccnc(Nc3ccc(N4CCOCC4)cc3)n2)c1. The van der Waals surface area contributed by atoms with Crippen LogP contribution in [0.4, 0.5) is 17.3 Å². The predicted molar refractivity (Wildman–Crippen MR) is 124 cm³/mol. The van der Waals surface area contributed by atoms with E-state index in [0.717, 1.165) is 47.5 Å². The van der Waals surface area contributed by atoms with Crippen LogP contribution in [0.1, 0.15) is 5.56 Å². The summed E-state index contributed by atoms with van der Waals surface area (Å²) in [5.41, 5.74) is 3.32. The minimum atomic E-state index is 0.577. The smallest absolute Gasteiger partial charge is 0.228 e. The number of hydrogen-bond acceptors (Lipinski definition) is 8. The Balaban J connectivity index is 1.24. The number of hydrogen-bond donors (Lipinski definition) is 1. The third kappa shape index (κ3) is 5.24. The molecule has 32 heavy (non-hydrogen) atoms. The van der Waals surface area contributed by atoms with E-state index in [4.69, 9.17) is 4.74 Å². The molecule has 2 aromatic carbocycles. The van der Waals surface area contributed by atoms with Crippen molar-refractivity contribution in [2.75, 3.05) is 36.5 Å². The third-order valence-corrected chi connectivity index (χ3v) is 5.99. The molecule has 1 saturated heterocycles. The molecule has 8 nitrogen and oxygen atoms in total. The molecule has 0 unspecified atom stereocenters. The van der Waals surface area contributed by atoms with E-state index in [1.54, 1.807) is 35.3 Å². The molecular weight excluding hydrogens is 422 g/mol. The molecule has 2 aromatic heterocycles. The summed E-state index contributed by atoms with van der Waals surface area (Å²) < 4.78 is 7.23. The summed E-state index contributed by atoms with van der Waals surface area (Å²) in [5.74, 6) is 0.577. The van der Waals surface area contributed by atoms with Crippen molar-refractivity contribution in [3.05, 3.63) is 79.0 Å². The van der Waals surface area contributed by atoms with Crippen LogP contribution in [0.15, 0.2) is 83.4 Å².